The van der Waals surface area contributed by atoms with Gasteiger partial charge in [0.05, 0.1) is 18.3 Å². The van der Waals surface area contributed by atoms with Crippen molar-refractivity contribution in [2.45, 2.75) is 90.1 Å². The zero-order valence-electron chi connectivity index (χ0n) is 31.2. The van der Waals surface area contributed by atoms with Gasteiger partial charge >= 0.3 is 0 Å². The normalized spacial score (nSPS) is 18.3. The van der Waals surface area contributed by atoms with Gasteiger partial charge in [0.25, 0.3) is 0 Å². The Morgan fingerprint density at radius 1 is 0.827 bits per heavy atom. The summed E-state index contributed by atoms with van der Waals surface area (Å²) in [6.07, 6.45) is 5.60. The molecule has 0 radical (unpaired) electrons. The summed E-state index contributed by atoms with van der Waals surface area (Å²) in [6, 6.07) is 17.4. The average molecular weight is 738 g/mol. The fourth-order valence-corrected chi connectivity index (χ4v) is 8.43. The number of hydrogen-bond donors (Lipinski definition) is 3. The van der Waals surface area contributed by atoms with Crippen LogP contribution in [0, 0.1) is 23.2 Å². The van der Waals surface area contributed by atoms with E-state index in [9.17, 15) is 27.6 Å². The molecule has 0 saturated carbocycles. The van der Waals surface area contributed by atoms with Gasteiger partial charge in [0, 0.05) is 56.3 Å². The maximum Gasteiger partial charge on any atom is 0.226 e. The van der Waals surface area contributed by atoms with E-state index in [1.165, 1.54) is 10.6 Å². The van der Waals surface area contributed by atoms with Crippen LogP contribution in [0.1, 0.15) is 76.3 Å². The zero-order chi connectivity index (χ0) is 37.9. The fraction of sp³-hybridized carbons (Fsp3) is 0.600. The third-order valence-corrected chi connectivity index (χ3v) is 12.0. The molecule has 2 amide bonds. The second-order valence-electron chi connectivity index (χ2n) is 15.6. The first-order valence-corrected chi connectivity index (χ1v) is 20.7. The molecule has 11 nitrogen and oxygen atoms in total. The van der Waals surface area contributed by atoms with Gasteiger partial charge in [-0.3, -0.25) is 19.2 Å². The third-order valence-electron chi connectivity index (χ3n) is 10.7. The van der Waals surface area contributed by atoms with Crippen molar-refractivity contribution in [3.05, 3.63) is 71.8 Å². The van der Waals surface area contributed by atoms with Gasteiger partial charge in [0.1, 0.15) is 0 Å². The number of likely N-dealkylation sites (tertiary alicyclic amines) is 1. The Bertz CT molecular complexity index is 1590. The van der Waals surface area contributed by atoms with Crippen LogP contribution in [0.15, 0.2) is 60.7 Å². The van der Waals surface area contributed by atoms with Crippen molar-refractivity contribution in [1.29, 1.82) is 0 Å². The summed E-state index contributed by atoms with van der Waals surface area (Å²) in [5.74, 6) is -2.05. The number of nitrogens with zero attached hydrogens (tertiary/aromatic N) is 2. The lowest BCUT2D eigenvalue weighted by atomic mass is 9.71. The second kappa shape index (κ2) is 19.0. The summed E-state index contributed by atoms with van der Waals surface area (Å²) in [5, 5.41) is 3.01. The van der Waals surface area contributed by atoms with Crippen LogP contribution in [0.25, 0.3) is 0 Å². The van der Waals surface area contributed by atoms with Crippen LogP contribution < -0.4 is 16.8 Å². The molecule has 4 rings (SSSR count). The van der Waals surface area contributed by atoms with Crippen molar-refractivity contribution in [1.82, 2.24) is 14.5 Å². The van der Waals surface area contributed by atoms with E-state index in [4.69, 9.17) is 11.5 Å². The highest BCUT2D eigenvalue weighted by Crippen LogP contribution is 2.42. The number of unbranched alkanes of at least 4 members (excludes halogenated alkanes) is 1. The smallest absolute Gasteiger partial charge is 0.226 e. The number of nitrogens with one attached hydrogen (secondary N) is 1. The number of Topliss-reactive ketones (excluding diaryl/α,β-unsaturated/α-hetero) is 2. The lowest BCUT2D eigenvalue weighted by Gasteiger charge is -2.54. The van der Waals surface area contributed by atoms with E-state index < -0.39 is 33.9 Å². The molecular weight excluding hydrogens is 679 g/mol. The van der Waals surface area contributed by atoms with Crippen LogP contribution in [0.5, 0.6) is 0 Å². The molecule has 0 aromatic heterocycles. The SMILES string of the molecule is CC(C)C[C@@H](NC(=O)[C@H](CC(=O)[C@H](N)Cc1ccccc1)Cc1ccccc1)C(=O)C[C@H](CCCCN)C(=O)N1CC2(CCN(S(C)(=O)=O)CC2)C1. The first kappa shape index (κ1) is 41.3. The molecule has 2 aliphatic heterocycles. The predicted molar refractivity (Wildman–Crippen MR) is 203 cm³/mol. The van der Waals surface area contributed by atoms with E-state index in [-0.39, 0.29) is 47.6 Å². The number of sulfonamides is 1. The minimum absolute atomic E-state index is 0.00331. The van der Waals surface area contributed by atoms with Crippen molar-refractivity contribution in [3.8, 4) is 0 Å². The van der Waals surface area contributed by atoms with Gasteiger partial charge < -0.3 is 21.7 Å². The topological polar surface area (TPSA) is 173 Å². The van der Waals surface area contributed by atoms with E-state index in [1.807, 2.05) is 79.4 Å². The lowest BCUT2D eigenvalue weighted by Crippen LogP contribution is -2.63. The lowest BCUT2D eigenvalue weighted by molar-refractivity contribution is -0.152. The number of carbonyl (C=O) groups excluding carboxylic acids is 4. The summed E-state index contributed by atoms with van der Waals surface area (Å²) in [5.41, 5.74) is 13.9. The number of piperidine rings is 1. The van der Waals surface area contributed by atoms with Crippen LogP contribution in [0.4, 0.5) is 0 Å². The van der Waals surface area contributed by atoms with Gasteiger partial charge in [-0.25, -0.2) is 12.7 Å². The molecule has 0 aliphatic carbocycles. The predicted octanol–water partition coefficient (Wildman–Crippen LogP) is 3.49. The molecule has 2 saturated heterocycles. The molecular formula is C40H59N5O6S. The summed E-state index contributed by atoms with van der Waals surface area (Å²) in [4.78, 5) is 57.2. The van der Waals surface area contributed by atoms with Crippen LogP contribution in [-0.2, 0) is 42.0 Å². The molecule has 5 N–H and O–H groups in total. The number of hydrogen-bond acceptors (Lipinski definition) is 8. The minimum atomic E-state index is -3.25. The number of rotatable bonds is 20. The quantitative estimate of drug-likeness (QED) is 0.173. The second-order valence-corrected chi connectivity index (χ2v) is 17.5. The summed E-state index contributed by atoms with van der Waals surface area (Å²) >= 11 is 0. The molecule has 2 aliphatic rings. The number of benzene rings is 2. The Kier molecular flexibility index (Phi) is 15.1. The van der Waals surface area contributed by atoms with E-state index in [1.54, 1.807) is 0 Å². The molecule has 12 heteroatoms. The van der Waals surface area contributed by atoms with Crippen LogP contribution in [0.2, 0.25) is 0 Å². The third kappa shape index (κ3) is 12.0. The molecule has 1 spiro atoms. The number of amides is 2. The number of nitrogens with two attached hydrogens (primary N) is 2. The maximum atomic E-state index is 14.1. The summed E-state index contributed by atoms with van der Waals surface area (Å²) < 4.78 is 25.5. The maximum absolute atomic E-state index is 14.1. The summed E-state index contributed by atoms with van der Waals surface area (Å²) in [6.45, 7) is 6.47. The van der Waals surface area contributed by atoms with Gasteiger partial charge in [-0.15, -0.1) is 0 Å². The molecule has 2 aromatic carbocycles. The largest absolute Gasteiger partial charge is 0.346 e. The molecule has 0 bridgehead atoms. The molecule has 52 heavy (non-hydrogen) atoms. The van der Waals surface area contributed by atoms with Crippen molar-refractivity contribution in [2.75, 3.05) is 39.0 Å². The molecule has 2 fully saturated rings. The van der Waals surface area contributed by atoms with Gasteiger partial charge in [-0.2, -0.15) is 0 Å². The van der Waals surface area contributed by atoms with Crippen molar-refractivity contribution in [3.63, 3.8) is 0 Å². The van der Waals surface area contributed by atoms with E-state index in [2.05, 4.69) is 5.32 Å². The highest BCUT2D eigenvalue weighted by Gasteiger charge is 2.48. The van der Waals surface area contributed by atoms with Gasteiger partial charge in [-0.05, 0) is 68.5 Å². The van der Waals surface area contributed by atoms with E-state index in [0.29, 0.717) is 77.7 Å². The van der Waals surface area contributed by atoms with Crippen molar-refractivity contribution in [2.24, 2.45) is 34.6 Å². The van der Waals surface area contributed by atoms with Gasteiger partial charge in [0.2, 0.25) is 21.8 Å². The van der Waals surface area contributed by atoms with Crippen LogP contribution >= 0.6 is 0 Å². The Hall–Kier alpha value is -3.45. The molecule has 286 valence electrons. The Morgan fingerprint density at radius 3 is 1.92 bits per heavy atom. The van der Waals surface area contributed by atoms with Gasteiger partial charge in [-0.1, -0.05) is 80.9 Å². The monoisotopic (exact) mass is 737 g/mol. The van der Waals surface area contributed by atoms with Crippen molar-refractivity contribution >= 4 is 33.4 Å². The minimum Gasteiger partial charge on any atom is -0.346 e. The summed E-state index contributed by atoms with van der Waals surface area (Å²) in [7, 11) is -3.25. The Morgan fingerprint density at radius 2 is 1.38 bits per heavy atom. The first-order chi connectivity index (χ1) is 24.7. The Balaban J connectivity index is 1.44. The number of ketones is 2. The van der Waals surface area contributed by atoms with Crippen molar-refractivity contribution < 1.29 is 27.6 Å². The number of carbonyl (C=O) groups is 4. The van der Waals surface area contributed by atoms with Crippen LogP contribution in [0.3, 0.4) is 0 Å². The molecule has 0 unspecified atom stereocenters. The highest BCUT2D eigenvalue weighted by atomic mass is 32.2. The average Bonchev–Trinajstić information content (AvgIpc) is 3.09. The van der Waals surface area contributed by atoms with Gasteiger partial charge in [0.15, 0.2) is 11.6 Å². The highest BCUT2D eigenvalue weighted by molar-refractivity contribution is 7.88. The fourth-order valence-electron chi connectivity index (χ4n) is 7.58. The van der Waals surface area contributed by atoms with Crippen LogP contribution in [-0.4, -0.2) is 92.1 Å². The molecule has 2 aromatic rings. The molecule has 4 atom stereocenters. The van der Waals surface area contributed by atoms with E-state index >= 15 is 0 Å². The standard InChI is InChI=1S/C40H59N5O6S/c1-29(2)22-35(43-38(48)33(23-30-12-6-4-7-13-30)26-36(46)34(42)24-31-14-8-5-9-15-31)37(47)25-32(16-10-11-19-41)39(49)44-27-40(28-44)17-20-45(21-18-40)52(3,50)51/h4-9,12-15,29,32-35H,10-11,16-28,41-42H2,1-3H3,(H,43,48)/t32-,33-,34+,35+/m0/s1. The zero-order valence-corrected chi connectivity index (χ0v) is 32.0. The van der Waals surface area contributed by atoms with E-state index in [0.717, 1.165) is 17.5 Å². The Labute approximate surface area is 310 Å². The molecule has 2 heterocycles. The first-order valence-electron chi connectivity index (χ1n) is 18.8.